The molecule has 19 heavy (non-hydrogen) atoms. The lowest BCUT2D eigenvalue weighted by Crippen LogP contribution is -2.20. The van der Waals surface area contributed by atoms with Crippen LogP contribution in [0.3, 0.4) is 0 Å². The van der Waals surface area contributed by atoms with Crippen LogP contribution in [-0.2, 0) is 11.3 Å². The molecule has 1 N–H and O–H groups in total. The minimum absolute atomic E-state index is 0.0274. The first-order valence-electron chi connectivity index (χ1n) is 6.82. The van der Waals surface area contributed by atoms with Crippen molar-refractivity contribution in [2.75, 3.05) is 20.3 Å². The normalized spacial score (nSPS) is 12.4. The third kappa shape index (κ3) is 5.57. The molecule has 3 nitrogen and oxygen atoms in total. The monoisotopic (exact) mass is 269 g/mol. The maximum Gasteiger partial charge on any atom is 0.165 e. The Labute approximate surface area is 115 Å². The maximum atomic E-state index is 13.8. The van der Waals surface area contributed by atoms with Crippen molar-refractivity contribution in [1.82, 2.24) is 5.32 Å². The van der Waals surface area contributed by atoms with E-state index in [1.165, 1.54) is 6.07 Å². The highest BCUT2D eigenvalue weighted by Crippen LogP contribution is 2.24. The SMILES string of the molecule is CCCC(C)Oc1c(F)cccc1CNCCOC. The fourth-order valence-electron chi connectivity index (χ4n) is 1.89. The molecule has 1 aromatic carbocycles. The molecule has 0 spiro atoms. The van der Waals surface area contributed by atoms with E-state index in [4.69, 9.17) is 9.47 Å². The quantitative estimate of drug-likeness (QED) is 0.699. The smallest absolute Gasteiger partial charge is 0.165 e. The maximum absolute atomic E-state index is 13.8. The van der Waals surface area contributed by atoms with Crippen molar-refractivity contribution in [1.29, 1.82) is 0 Å². The highest BCUT2D eigenvalue weighted by Gasteiger charge is 2.12. The van der Waals surface area contributed by atoms with Crippen LogP contribution in [0, 0.1) is 5.82 Å². The summed E-state index contributed by atoms with van der Waals surface area (Å²) in [6.07, 6.45) is 1.97. The van der Waals surface area contributed by atoms with Gasteiger partial charge in [-0.3, -0.25) is 0 Å². The van der Waals surface area contributed by atoms with Gasteiger partial charge in [-0.1, -0.05) is 25.5 Å². The van der Waals surface area contributed by atoms with Gasteiger partial charge >= 0.3 is 0 Å². The number of nitrogens with one attached hydrogen (secondary N) is 1. The second kappa shape index (κ2) is 8.88. The lowest BCUT2D eigenvalue weighted by atomic mass is 10.1. The number of halogens is 1. The number of ether oxygens (including phenoxy) is 2. The standard InChI is InChI=1S/C15H24FNO2/c1-4-6-12(2)19-15-13(7-5-8-14(15)16)11-17-9-10-18-3/h5,7-8,12,17H,4,6,9-11H2,1-3H3. The van der Waals surface area contributed by atoms with Crippen LogP contribution in [-0.4, -0.2) is 26.4 Å². The minimum atomic E-state index is -0.297. The van der Waals surface area contributed by atoms with Crippen LogP contribution in [0.25, 0.3) is 0 Å². The molecule has 0 heterocycles. The summed E-state index contributed by atoms with van der Waals surface area (Å²) >= 11 is 0. The number of benzene rings is 1. The third-order valence-electron chi connectivity index (χ3n) is 2.86. The summed E-state index contributed by atoms with van der Waals surface area (Å²) in [6, 6.07) is 5.03. The molecular weight excluding hydrogens is 245 g/mol. The Hall–Kier alpha value is -1.13. The predicted octanol–water partition coefficient (Wildman–Crippen LogP) is 3.13. The molecule has 0 saturated heterocycles. The van der Waals surface area contributed by atoms with Crippen molar-refractivity contribution in [3.05, 3.63) is 29.6 Å². The molecule has 1 rings (SSSR count). The van der Waals surface area contributed by atoms with Gasteiger partial charge in [0.2, 0.25) is 0 Å². The van der Waals surface area contributed by atoms with Gasteiger partial charge in [-0.2, -0.15) is 0 Å². The van der Waals surface area contributed by atoms with E-state index in [0.29, 0.717) is 18.9 Å². The van der Waals surface area contributed by atoms with E-state index in [9.17, 15) is 4.39 Å². The van der Waals surface area contributed by atoms with Gasteiger partial charge in [0.1, 0.15) is 0 Å². The molecule has 0 aliphatic heterocycles. The first-order chi connectivity index (χ1) is 9.19. The van der Waals surface area contributed by atoms with E-state index in [0.717, 1.165) is 24.9 Å². The Morgan fingerprint density at radius 1 is 1.37 bits per heavy atom. The number of rotatable bonds is 9. The van der Waals surface area contributed by atoms with Crippen molar-refractivity contribution in [3.63, 3.8) is 0 Å². The van der Waals surface area contributed by atoms with Gasteiger partial charge in [-0.05, 0) is 19.4 Å². The highest BCUT2D eigenvalue weighted by molar-refractivity contribution is 5.35. The van der Waals surface area contributed by atoms with Gasteiger partial charge in [0.05, 0.1) is 12.7 Å². The first-order valence-corrected chi connectivity index (χ1v) is 6.82. The molecule has 0 aliphatic rings. The fourth-order valence-corrected chi connectivity index (χ4v) is 1.89. The molecular formula is C15H24FNO2. The predicted molar refractivity (Wildman–Crippen MR) is 75.0 cm³/mol. The topological polar surface area (TPSA) is 30.5 Å². The van der Waals surface area contributed by atoms with Crippen molar-refractivity contribution in [2.24, 2.45) is 0 Å². The Morgan fingerprint density at radius 2 is 2.16 bits per heavy atom. The highest BCUT2D eigenvalue weighted by atomic mass is 19.1. The molecule has 0 aliphatic carbocycles. The molecule has 4 heteroatoms. The largest absolute Gasteiger partial charge is 0.487 e. The third-order valence-corrected chi connectivity index (χ3v) is 2.86. The summed E-state index contributed by atoms with van der Waals surface area (Å²) in [6.45, 7) is 6.01. The van der Waals surface area contributed by atoms with Gasteiger partial charge < -0.3 is 14.8 Å². The average molecular weight is 269 g/mol. The van der Waals surface area contributed by atoms with Gasteiger partial charge in [0.25, 0.3) is 0 Å². The Bertz CT molecular complexity index is 371. The van der Waals surface area contributed by atoms with Crippen LogP contribution in [0.1, 0.15) is 32.3 Å². The molecule has 1 unspecified atom stereocenters. The summed E-state index contributed by atoms with van der Waals surface area (Å²) in [7, 11) is 1.66. The Kier molecular flexibility index (Phi) is 7.45. The minimum Gasteiger partial charge on any atom is -0.487 e. The van der Waals surface area contributed by atoms with E-state index < -0.39 is 0 Å². The molecule has 1 aromatic rings. The summed E-state index contributed by atoms with van der Waals surface area (Å²) in [5.41, 5.74) is 0.846. The van der Waals surface area contributed by atoms with Gasteiger partial charge in [0, 0.05) is 25.8 Å². The van der Waals surface area contributed by atoms with Crippen molar-refractivity contribution >= 4 is 0 Å². The van der Waals surface area contributed by atoms with Gasteiger partial charge in [-0.15, -0.1) is 0 Å². The zero-order valence-electron chi connectivity index (χ0n) is 12.0. The van der Waals surface area contributed by atoms with Crippen LogP contribution in [0.2, 0.25) is 0 Å². The van der Waals surface area contributed by atoms with Crippen LogP contribution in [0.4, 0.5) is 4.39 Å². The molecule has 0 amide bonds. The number of hydrogen-bond donors (Lipinski definition) is 1. The van der Waals surface area contributed by atoms with E-state index in [-0.39, 0.29) is 11.9 Å². The molecule has 1 atom stereocenters. The lowest BCUT2D eigenvalue weighted by molar-refractivity contribution is 0.194. The summed E-state index contributed by atoms with van der Waals surface area (Å²) in [5, 5.41) is 3.20. The molecule has 0 fully saturated rings. The summed E-state index contributed by atoms with van der Waals surface area (Å²) in [4.78, 5) is 0. The van der Waals surface area contributed by atoms with Crippen LogP contribution >= 0.6 is 0 Å². The van der Waals surface area contributed by atoms with Gasteiger partial charge in [-0.25, -0.2) is 4.39 Å². The van der Waals surface area contributed by atoms with Crippen molar-refractivity contribution in [3.8, 4) is 5.75 Å². The lowest BCUT2D eigenvalue weighted by Gasteiger charge is -2.18. The van der Waals surface area contributed by atoms with E-state index in [2.05, 4.69) is 12.2 Å². The van der Waals surface area contributed by atoms with Crippen LogP contribution in [0.5, 0.6) is 5.75 Å². The fraction of sp³-hybridized carbons (Fsp3) is 0.600. The summed E-state index contributed by atoms with van der Waals surface area (Å²) < 4.78 is 24.5. The Morgan fingerprint density at radius 3 is 2.84 bits per heavy atom. The Balaban J connectivity index is 2.66. The van der Waals surface area contributed by atoms with E-state index >= 15 is 0 Å². The summed E-state index contributed by atoms with van der Waals surface area (Å²) in [5.74, 6) is 0.0716. The van der Waals surface area contributed by atoms with Gasteiger partial charge in [0.15, 0.2) is 11.6 Å². The first kappa shape index (κ1) is 15.9. The van der Waals surface area contributed by atoms with E-state index in [1.54, 1.807) is 13.2 Å². The zero-order chi connectivity index (χ0) is 14.1. The number of para-hydroxylation sites is 1. The van der Waals surface area contributed by atoms with E-state index in [1.807, 2.05) is 13.0 Å². The number of hydrogen-bond acceptors (Lipinski definition) is 3. The molecule has 0 aromatic heterocycles. The molecule has 108 valence electrons. The molecule has 0 bridgehead atoms. The average Bonchev–Trinajstić information content (AvgIpc) is 2.38. The molecule has 0 radical (unpaired) electrons. The van der Waals surface area contributed by atoms with Crippen molar-refractivity contribution in [2.45, 2.75) is 39.3 Å². The number of methoxy groups -OCH3 is 1. The second-order valence-electron chi connectivity index (χ2n) is 4.61. The van der Waals surface area contributed by atoms with Crippen LogP contribution < -0.4 is 10.1 Å². The van der Waals surface area contributed by atoms with Crippen molar-refractivity contribution < 1.29 is 13.9 Å². The van der Waals surface area contributed by atoms with Crippen LogP contribution in [0.15, 0.2) is 18.2 Å². The second-order valence-corrected chi connectivity index (χ2v) is 4.61. The zero-order valence-corrected chi connectivity index (χ0v) is 12.0. The molecule has 0 saturated carbocycles.